The van der Waals surface area contributed by atoms with Crippen LogP contribution in [0.15, 0.2) is 35.4 Å². The predicted octanol–water partition coefficient (Wildman–Crippen LogP) is 3.54. The van der Waals surface area contributed by atoms with Gasteiger partial charge < -0.3 is 14.6 Å². The summed E-state index contributed by atoms with van der Waals surface area (Å²) in [5.41, 5.74) is 5.23. The Morgan fingerprint density at radius 3 is 2.77 bits per heavy atom. The summed E-state index contributed by atoms with van der Waals surface area (Å²) in [6, 6.07) is 9.09. The molecule has 2 rings (SSSR count). The molecule has 2 aromatic carbocycles. The Bertz CT molecular complexity index is 821. The Kier molecular flexibility index (Phi) is 7.26. The monoisotopic (exact) mass is 468 g/mol. The molecule has 0 heterocycles. The number of hydrogen-bond acceptors (Lipinski definition) is 5. The third-order valence-corrected chi connectivity index (χ3v) is 4.49. The van der Waals surface area contributed by atoms with Crippen LogP contribution in [0.4, 0.5) is 0 Å². The second-order valence-electron chi connectivity index (χ2n) is 5.56. The van der Waals surface area contributed by atoms with E-state index in [0.29, 0.717) is 27.2 Å². The Morgan fingerprint density at radius 2 is 2.04 bits per heavy atom. The molecule has 0 aliphatic rings. The van der Waals surface area contributed by atoms with Crippen LogP contribution in [0.1, 0.15) is 23.6 Å². The van der Waals surface area contributed by atoms with Gasteiger partial charge in [0.2, 0.25) is 0 Å². The summed E-state index contributed by atoms with van der Waals surface area (Å²) >= 11 is 2.01. The van der Waals surface area contributed by atoms with Crippen LogP contribution in [0.3, 0.4) is 0 Å². The molecule has 2 N–H and O–H groups in total. The summed E-state index contributed by atoms with van der Waals surface area (Å²) in [7, 11) is 0. The van der Waals surface area contributed by atoms with Crippen molar-refractivity contribution in [2.24, 2.45) is 5.10 Å². The van der Waals surface area contributed by atoms with E-state index in [1.165, 1.54) is 6.21 Å². The molecule has 7 heteroatoms. The number of amides is 1. The maximum absolute atomic E-state index is 11.9. The summed E-state index contributed by atoms with van der Waals surface area (Å²) in [6.07, 6.45) is 1.49. The Labute approximate surface area is 166 Å². The number of halogens is 1. The van der Waals surface area contributed by atoms with Crippen LogP contribution in [0.5, 0.6) is 17.2 Å². The first kappa shape index (κ1) is 20.0. The first-order chi connectivity index (χ1) is 12.4. The molecule has 0 radical (unpaired) electrons. The lowest BCUT2D eigenvalue weighted by molar-refractivity contribution is -0.123. The van der Waals surface area contributed by atoms with Gasteiger partial charge >= 0.3 is 0 Å². The van der Waals surface area contributed by atoms with E-state index in [4.69, 9.17) is 9.47 Å². The number of ether oxygens (including phenoxy) is 2. The zero-order chi connectivity index (χ0) is 19.1. The number of hydrogen-bond donors (Lipinski definition) is 2. The normalized spacial score (nSPS) is 10.8. The van der Waals surface area contributed by atoms with Crippen molar-refractivity contribution in [1.29, 1.82) is 0 Å². The highest BCUT2D eigenvalue weighted by atomic mass is 127. The van der Waals surface area contributed by atoms with Gasteiger partial charge in [-0.2, -0.15) is 5.10 Å². The van der Waals surface area contributed by atoms with Gasteiger partial charge in [-0.3, -0.25) is 4.79 Å². The molecule has 0 spiro atoms. The Morgan fingerprint density at radius 1 is 1.27 bits per heavy atom. The van der Waals surface area contributed by atoms with Crippen LogP contribution in [-0.4, -0.2) is 30.4 Å². The van der Waals surface area contributed by atoms with E-state index in [0.717, 1.165) is 11.1 Å². The van der Waals surface area contributed by atoms with E-state index >= 15 is 0 Å². The minimum atomic E-state index is -0.360. The van der Waals surface area contributed by atoms with E-state index in [-0.39, 0.29) is 18.3 Å². The number of phenols is 1. The molecule has 6 nitrogen and oxygen atoms in total. The fourth-order valence-corrected chi connectivity index (χ4v) is 2.79. The van der Waals surface area contributed by atoms with Gasteiger partial charge in [-0.15, -0.1) is 0 Å². The average molecular weight is 468 g/mol. The van der Waals surface area contributed by atoms with Crippen LogP contribution < -0.4 is 14.9 Å². The largest absolute Gasteiger partial charge is 0.504 e. The molecule has 0 saturated carbocycles. The van der Waals surface area contributed by atoms with Crippen molar-refractivity contribution in [1.82, 2.24) is 5.43 Å². The van der Waals surface area contributed by atoms with Gasteiger partial charge in [-0.25, -0.2) is 5.43 Å². The van der Waals surface area contributed by atoms with E-state index in [9.17, 15) is 9.90 Å². The quantitative estimate of drug-likeness (QED) is 0.370. The number of nitrogens with zero attached hydrogens (tertiary/aromatic N) is 1. The lowest BCUT2D eigenvalue weighted by Crippen LogP contribution is -2.24. The van der Waals surface area contributed by atoms with Crippen molar-refractivity contribution < 1.29 is 19.4 Å². The summed E-state index contributed by atoms with van der Waals surface area (Å²) in [6.45, 7) is 6.09. The second-order valence-corrected chi connectivity index (χ2v) is 6.72. The van der Waals surface area contributed by atoms with E-state index in [1.54, 1.807) is 12.1 Å². The topological polar surface area (TPSA) is 80.2 Å². The number of carbonyl (C=O) groups excluding carboxylic acids is 1. The molecule has 26 heavy (non-hydrogen) atoms. The van der Waals surface area contributed by atoms with Crippen LogP contribution in [0.2, 0.25) is 0 Å². The summed E-state index contributed by atoms with van der Waals surface area (Å²) in [4.78, 5) is 11.9. The molecule has 1 amide bonds. The average Bonchev–Trinajstić information content (AvgIpc) is 2.60. The molecule has 0 saturated heterocycles. The number of phenolic OH excluding ortho intramolecular Hbond substituents is 1. The summed E-state index contributed by atoms with van der Waals surface area (Å²) in [5, 5.41) is 13.8. The van der Waals surface area contributed by atoms with Gasteiger partial charge in [0.15, 0.2) is 18.1 Å². The van der Waals surface area contributed by atoms with Crippen molar-refractivity contribution in [2.45, 2.75) is 20.8 Å². The number of aryl methyl sites for hydroxylation is 1. The highest BCUT2D eigenvalue weighted by Gasteiger charge is 2.09. The van der Waals surface area contributed by atoms with Crippen molar-refractivity contribution >= 4 is 34.7 Å². The molecule has 0 atom stereocenters. The number of rotatable bonds is 7. The number of aromatic hydroxyl groups is 1. The minimum Gasteiger partial charge on any atom is -0.504 e. The Hall–Kier alpha value is -2.29. The molecule has 0 aliphatic carbocycles. The zero-order valence-electron chi connectivity index (χ0n) is 14.9. The Balaban J connectivity index is 1.93. The van der Waals surface area contributed by atoms with Crippen molar-refractivity contribution in [3.8, 4) is 17.2 Å². The van der Waals surface area contributed by atoms with E-state index in [2.05, 4.69) is 10.5 Å². The van der Waals surface area contributed by atoms with Gasteiger partial charge in [0.05, 0.1) is 16.4 Å². The minimum absolute atomic E-state index is 0.0931. The zero-order valence-corrected chi connectivity index (χ0v) is 17.0. The van der Waals surface area contributed by atoms with E-state index in [1.807, 2.05) is 61.6 Å². The van der Waals surface area contributed by atoms with Gasteiger partial charge in [-0.05, 0) is 78.3 Å². The number of nitrogens with one attached hydrogen (secondary N) is 1. The van der Waals surface area contributed by atoms with Crippen LogP contribution in [0, 0.1) is 17.4 Å². The van der Waals surface area contributed by atoms with Gasteiger partial charge in [0.25, 0.3) is 5.91 Å². The summed E-state index contributed by atoms with van der Waals surface area (Å²) < 4.78 is 11.5. The highest BCUT2D eigenvalue weighted by Crippen LogP contribution is 2.32. The molecule has 0 bridgehead atoms. The second kappa shape index (κ2) is 9.42. The number of benzene rings is 2. The van der Waals surface area contributed by atoms with E-state index < -0.39 is 0 Å². The van der Waals surface area contributed by atoms with Gasteiger partial charge in [-0.1, -0.05) is 12.1 Å². The van der Waals surface area contributed by atoms with Crippen molar-refractivity contribution in [3.63, 3.8) is 0 Å². The lowest BCUT2D eigenvalue weighted by atomic mass is 10.1. The fraction of sp³-hybridized carbons (Fsp3) is 0.263. The maximum Gasteiger partial charge on any atom is 0.277 e. The number of carbonyl (C=O) groups is 1. The smallest absolute Gasteiger partial charge is 0.277 e. The first-order valence-corrected chi connectivity index (χ1v) is 9.16. The molecule has 0 aliphatic heterocycles. The lowest BCUT2D eigenvalue weighted by Gasteiger charge is -2.10. The molecule has 138 valence electrons. The molecular weight excluding hydrogens is 447 g/mol. The third kappa shape index (κ3) is 5.35. The van der Waals surface area contributed by atoms with Crippen LogP contribution in [0.25, 0.3) is 0 Å². The van der Waals surface area contributed by atoms with Crippen molar-refractivity contribution in [3.05, 3.63) is 50.6 Å². The van der Waals surface area contributed by atoms with Crippen LogP contribution >= 0.6 is 22.6 Å². The van der Waals surface area contributed by atoms with Crippen molar-refractivity contribution in [2.75, 3.05) is 13.2 Å². The van der Waals surface area contributed by atoms with Gasteiger partial charge in [0.1, 0.15) is 5.75 Å². The number of hydrazone groups is 1. The molecule has 0 fully saturated rings. The van der Waals surface area contributed by atoms with Gasteiger partial charge in [0, 0.05) is 0 Å². The predicted molar refractivity (Wildman–Crippen MR) is 109 cm³/mol. The first-order valence-electron chi connectivity index (χ1n) is 8.08. The molecule has 2 aromatic rings. The summed E-state index contributed by atoms with van der Waals surface area (Å²) in [5.74, 6) is 0.792. The highest BCUT2D eigenvalue weighted by molar-refractivity contribution is 14.1. The van der Waals surface area contributed by atoms with Crippen LogP contribution in [-0.2, 0) is 4.79 Å². The SMILES string of the molecule is CCOc1cc(/C=N/NC(=O)COc2cccc(C)c2C)cc(I)c1O. The fourth-order valence-electron chi connectivity index (χ4n) is 2.17. The molecule has 0 unspecified atom stereocenters. The molecule has 0 aromatic heterocycles. The molecular formula is C19H21IN2O4. The standard InChI is InChI=1S/C19H21IN2O4/c1-4-25-17-9-14(8-15(20)19(17)24)10-21-22-18(23)11-26-16-7-5-6-12(2)13(16)3/h5-10,24H,4,11H2,1-3H3,(H,22,23)/b21-10+. The maximum atomic E-state index is 11.9. The third-order valence-electron chi connectivity index (χ3n) is 3.67.